The fourth-order valence-corrected chi connectivity index (χ4v) is 6.95. The lowest BCUT2D eigenvalue weighted by atomic mass is 10.0. The van der Waals surface area contributed by atoms with E-state index >= 15 is 0 Å². The standard InChI is InChI=1S/C22H21Cl2N7O4S3/c23-11-3-4-12(24)13(6-11)36-8-14(32)29-16-20(33)31-17(22(34)35)10(7-37-21(16)31)2-1-5-38-30-9-28-18(26)15(25)19(30)27/h1-4,6,9,16,21H,5,7-8,25H2,(H5,26,27,29,32,34,35)/p+1/b2-1+/t16-,21?/m1/s1. The molecule has 0 saturated carbocycles. The first-order chi connectivity index (χ1) is 18.1. The predicted molar refractivity (Wildman–Crippen MR) is 152 cm³/mol. The van der Waals surface area contributed by atoms with Crippen LogP contribution in [0.2, 0.25) is 10.0 Å². The van der Waals surface area contributed by atoms with Crippen LogP contribution < -0.4 is 26.5 Å². The van der Waals surface area contributed by atoms with E-state index in [1.165, 1.54) is 46.7 Å². The van der Waals surface area contributed by atoms with E-state index in [1.54, 1.807) is 34.3 Å². The smallest absolute Gasteiger partial charge is 0.352 e. The molecular formula is C22H22Cl2N7O4S3+. The number of nitrogen functional groups attached to an aromatic ring is 3. The Morgan fingerprint density at radius 1 is 1.32 bits per heavy atom. The Hall–Kier alpha value is -2.78. The number of halogens is 2. The van der Waals surface area contributed by atoms with E-state index in [9.17, 15) is 19.5 Å². The molecule has 2 aliphatic rings. The molecule has 200 valence electrons. The minimum Gasteiger partial charge on any atom is -0.477 e. The number of fused-ring (bicyclic) bond motifs is 1. The Balaban J connectivity index is 1.37. The highest BCUT2D eigenvalue weighted by atomic mass is 35.5. The molecule has 38 heavy (non-hydrogen) atoms. The molecule has 1 aromatic heterocycles. The molecule has 16 heteroatoms. The van der Waals surface area contributed by atoms with Crippen molar-refractivity contribution in [2.75, 3.05) is 34.5 Å². The SMILES string of the molecule is Nc1nc[n+](SC/C=C/C2=C(C(=O)O)N3C(=O)[C@@H](NC(=O)CSc4cc(Cl)ccc4Cl)C3SC2)c(N)c1N. The first kappa shape index (κ1) is 28.2. The summed E-state index contributed by atoms with van der Waals surface area (Å²) >= 11 is 16.0. The van der Waals surface area contributed by atoms with Gasteiger partial charge in [-0.05, 0) is 23.8 Å². The number of carbonyl (C=O) groups is 3. The number of β-lactam (4-membered cyclic amide) rings is 1. The largest absolute Gasteiger partial charge is 0.477 e. The summed E-state index contributed by atoms with van der Waals surface area (Å²) in [6.45, 7) is 0. The summed E-state index contributed by atoms with van der Waals surface area (Å²) in [4.78, 5) is 43.2. The van der Waals surface area contributed by atoms with Crippen LogP contribution in [0, 0.1) is 0 Å². The van der Waals surface area contributed by atoms with Crippen molar-refractivity contribution in [1.29, 1.82) is 0 Å². The minimum absolute atomic E-state index is 0.0201. The number of allylic oxidation sites excluding steroid dienone is 1. The number of carboxylic acid groups (broad SMARTS) is 1. The summed E-state index contributed by atoms with van der Waals surface area (Å²) in [5.74, 6) is -0.891. The Morgan fingerprint density at radius 2 is 2.08 bits per heavy atom. The third-order valence-electron chi connectivity index (χ3n) is 5.49. The molecule has 0 bridgehead atoms. The van der Waals surface area contributed by atoms with Crippen LogP contribution in [-0.2, 0) is 14.4 Å². The van der Waals surface area contributed by atoms with Gasteiger partial charge in [0.1, 0.15) is 17.1 Å². The second kappa shape index (κ2) is 11.9. The fraction of sp³-hybridized carbons (Fsp3) is 0.227. The third-order valence-corrected chi connectivity index (χ3v) is 9.43. The van der Waals surface area contributed by atoms with Crippen molar-refractivity contribution in [1.82, 2.24) is 15.2 Å². The average molecular weight is 616 g/mol. The molecule has 2 amide bonds. The number of aromatic nitrogens is 2. The number of thioether (sulfide) groups is 2. The van der Waals surface area contributed by atoms with Gasteiger partial charge in [0, 0.05) is 33.4 Å². The molecular weight excluding hydrogens is 593 g/mol. The number of rotatable bonds is 9. The molecule has 0 spiro atoms. The zero-order valence-electron chi connectivity index (χ0n) is 19.5. The zero-order valence-corrected chi connectivity index (χ0v) is 23.4. The van der Waals surface area contributed by atoms with Crippen molar-refractivity contribution in [3.05, 3.63) is 58.0 Å². The molecule has 0 aliphatic carbocycles. The van der Waals surface area contributed by atoms with Crippen molar-refractivity contribution in [3.63, 3.8) is 0 Å². The number of benzene rings is 1. The summed E-state index contributed by atoms with van der Waals surface area (Å²) in [6, 6.07) is 4.12. The Morgan fingerprint density at radius 3 is 2.82 bits per heavy atom. The molecule has 1 unspecified atom stereocenters. The van der Waals surface area contributed by atoms with E-state index in [2.05, 4.69) is 10.3 Å². The first-order valence-corrected chi connectivity index (χ1v) is 14.6. The second-order valence-corrected chi connectivity index (χ2v) is 11.9. The maximum atomic E-state index is 12.9. The monoisotopic (exact) mass is 614 g/mol. The van der Waals surface area contributed by atoms with Crippen LogP contribution in [0.4, 0.5) is 17.3 Å². The van der Waals surface area contributed by atoms with Crippen molar-refractivity contribution < 1.29 is 23.5 Å². The maximum absolute atomic E-state index is 12.9. The molecule has 2 aromatic rings. The molecule has 1 saturated heterocycles. The number of aliphatic carboxylic acids is 1. The van der Waals surface area contributed by atoms with Gasteiger partial charge in [-0.2, -0.15) is 3.97 Å². The van der Waals surface area contributed by atoms with Crippen molar-refractivity contribution in [2.45, 2.75) is 16.3 Å². The van der Waals surface area contributed by atoms with Gasteiger partial charge < -0.3 is 27.6 Å². The van der Waals surface area contributed by atoms with E-state index < -0.39 is 23.3 Å². The number of nitrogens with one attached hydrogen (secondary N) is 1. The highest BCUT2D eigenvalue weighted by Gasteiger charge is 2.53. The van der Waals surface area contributed by atoms with Gasteiger partial charge in [-0.3, -0.25) is 14.5 Å². The lowest BCUT2D eigenvalue weighted by Gasteiger charge is -2.49. The number of nitrogens with zero attached hydrogens (tertiary/aromatic N) is 3. The van der Waals surface area contributed by atoms with Gasteiger partial charge in [0.15, 0.2) is 5.69 Å². The average Bonchev–Trinajstić information content (AvgIpc) is 2.89. The van der Waals surface area contributed by atoms with Crippen LogP contribution in [-0.4, -0.2) is 61.4 Å². The van der Waals surface area contributed by atoms with E-state index in [1.807, 2.05) is 0 Å². The van der Waals surface area contributed by atoms with Gasteiger partial charge in [0.25, 0.3) is 11.7 Å². The van der Waals surface area contributed by atoms with Crippen LogP contribution in [0.1, 0.15) is 0 Å². The number of hydrogen-bond donors (Lipinski definition) is 5. The molecule has 1 fully saturated rings. The Kier molecular flexibility index (Phi) is 8.88. The Labute approximate surface area is 240 Å². The van der Waals surface area contributed by atoms with Crippen LogP contribution >= 0.6 is 58.7 Å². The number of carboxylic acids is 1. The number of carbonyl (C=O) groups excluding carboxylic acids is 2. The molecule has 0 radical (unpaired) electrons. The van der Waals surface area contributed by atoms with E-state index in [0.717, 1.165) is 0 Å². The summed E-state index contributed by atoms with van der Waals surface area (Å²) in [7, 11) is 0. The van der Waals surface area contributed by atoms with Crippen LogP contribution in [0.25, 0.3) is 0 Å². The van der Waals surface area contributed by atoms with E-state index in [0.29, 0.717) is 32.0 Å². The van der Waals surface area contributed by atoms with Gasteiger partial charge in [-0.15, -0.1) is 23.5 Å². The first-order valence-electron chi connectivity index (χ1n) is 10.9. The number of hydrogen-bond acceptors (Lipinski definition) is 10. The van der Waals surface area contributed by atoms with Gasteiger partial charge in [-0.25, -0.2) is 4.79 Å². The summed E-state index contributed by atoms with van der Waals surface area (Å²) in [6.07, 6.45) is 4.86. The fourth-order valence-electron chi connectivity index (χ4n) is 3.63. The molecule has 8 N–H and O–H groups in total. The zero-order chi connectivity index (χ0) is 27.6. The van der Waals surface area contributed by atoms with Crippen molar-refractivity contribution >= 4 is 93.8 Å². The Bertz CT molecular complexity index is 1370. The molecule has 11 nitrogen and oxygen atoms in total. The van der Waals surface area contributed by atoms with Gasteiger partial charge in [-0.1, -0.05) is 40.3 Å². The number of nitrogens with two attached hydrogens (primary N) is 3. The van der Waals surface area contributed by atoms with Gasteiger partial charge >= 0.3 is 5.97 Å². The van der Waals surface area contributed by atoms with Gasteiger partial charge in [0.2, 0.25) is 18.1 Å². The minimum atomic E-state index is -1.22. The van der Waals surface area contributed by atoms with Crippen LogP contribution in [0.15, 0.2) is 52.8 Å². The summed E-state index contributed by atoms with van der Waals surface area (Å²) < 4.78 is 1.55. The van der Waals surface area contributed by atoms with Crippen LogP contribution in [0.5, 0.6) is 0 Å². The normalized spacial score (nSPS) is 18.9. The van der Waals surface area contributed by atoms with E-state index in [4.69, 9.17) is 40.4 Å². The van der Waals surface area contributed by atoms with E-state index in [-0.39, 0.29) is 34.7 Å². The highest BCUT2D eigenvalue weighted by Crippen LogP contribution is 2.41. The lowest BCUT2D eigenvalue weighted by Crippen LogP contribution is -2.70. The van der Waals surface area contributed by atoms with Gasteiger partial charge in [0.05, 0.1) is 10.8 Å². The number of amides is 2. The van der Waals surface area contributed by atoms with Crippen molar-refractivity contribution in [3.8, 4) is 0 Å². The predicted octanol–water partition coefficient (Wildman–Crippen LogP) is 2.01. The number of anilines is 3. The maximum Gasteiger partial charge on any atom is 0.352 e. The third kappa shape index (κ3) is 5.94. The van der Waals surface area contributed by atoms with Crippen molar-refractivity contribution in [2.24, 2.45) is 0 Å². The summed E-state index contributed by atoms with van der Waals surface area (Å²) in [5, 5.41) is 13.0. The van der Waals surface area contributed by atoms with Crippen LogP contribution in [0.3, 0.4) is 0 Å². The summed E-state index contributed by atoms with van der Waals surface area (Å²) in [5.41, 5.74) is 17.9. The quantitative estimate of drug-likeness (QED) is 0.158. The molecule has 1 aromatic carbocycles. The lowest BCUT2D eigenvalue weighted by molar-refractivity contribution is -0.480. The highest BCUT2D eigenvalue weighted by molar-refractivity contribution is 8.00. The second-order valence-electron chi connectivity index (χ2n) is 7.95. The topological polar surface area (TPSA) is 182 Å². The molecule has 2 aliphatic heterocycles. The molecule has 3 heterocycles. The molecule has 4 rings (SSSR count). The molecule has 2 atom stereocenters.